The van der Waals surface area contributed by atoms with E-state index < -0.39 is 0 Å². The second-order valence-electron chi connectivity index (χ2n) is 7.22. The molecule has 0 atom stereocenters. The summed E-state index contributed by atoms with van der Waals surface area (Å²) in [5.41, 5.74) is 0.956. The number of carbonyl (C=O) groups excluding carboxylic acids is 2. The van der Waals surface area contributed by atoms with Crippen molar-refractivity contribution in [2.75, 3.05) is 47.4 Å². The molecule has 0 radical (unpaired) electrons. The molecular weight excluding hydrogens is 513 g/mol. The minimum absolute atomic E-state index is 0. The predicted octanol–water partition coefficient (Wildman–Crippen LogP) is 2.06. The molecule has 1 aromatic rings. The van der Waals surface area contributed by atoms with Gasteiger partial charge in [-0.05, 0) is 25.8 Å². The number of carbonyl (C=O) groups is 2. The SMILES string of the molecule is CCOC(=O)N1CCC(NC(=NCc2ccccc2OC)NCC(=O)N(C)C)CC1.I. The predicted molar refractivity (Wildman–Crippen MR) is 131 cm³/mol. The van der Waals surface area contributed by atoms with E-state index in [0.29, 0.717) is 32.2 Å². The number of likely N-dealkylation sites (tertiary alicyclic amines) is 1. The fourth-order valence-electron chi connectivity index (χ4n) is 3.08. The molecule has 2 N–H and O–H groups in total. The second kappa shape index (κ2) is 13.9. The monoisotopic (exact) mass is 547 g/mol. The van der Waals surface area contributed by atoms with Crippen molar-refractivity contribution in [3.8, 4) is 5.75 Å². The molecule has 2 rings (SSSR count). The minimum Gasteiger partial charge on any atom is -0.496 e. The number of para-hydroxylation sites is 1. The molecule has 0 aliphatic carbocycles. The number of ether oxygens (including phenoxy) is 2. The summed E-state index contributed by atoms with van der Waals surface area (Å²) in [6, 6.07) is 7.86. The number of halogens is 1. The van der Waals surface area contributed by atoms with Crippen LogP contribution in [0.2, 0.25) is 0 Å². The molecule has 0 bridgehead atoms. The van der Waals surface area contributed by atoms with Gasteiger partial charge >= 0.3 is 6.09 Å². The van der Waals surface area contributed by atoms with Crippen molar-refractivity contribution in [1.29, 1.82) is 0 Å². The summed E-state index contributed by atoms with van der Waals surface area (Å²) in [5, 5.41) is 6.51. The van der Waals surface area contributed by atoms with E-state index in [0.717, 1.165) is 24.2 Å². The van der Waals surface area contributed by atoms with Crippen LogP contribution in [-0.2, 0) is 16.1 Å². The largest absolute Gasteiger partial charge is 0.496 e. The lowest BCUT2D eigenvalue weighted by Crippen LogP contribution is -2.51. The number of guanidine groups is 1. The Kier molecular flexibility index (Phi) is 12.1. The van der Waals surface area contributed by atoms with Crippen LogP contribution in [0.5, 0.6) is 5.75 Å². The summed E-state index contributed by atoms with van der Waals surface area (Å²) in [6.07, 6.45) is 1.28. The summed E-state index contributed by atoms with van der Waals surface area (Å²) in [5.74, 6) is 1.29. The zero-order valence-electron chi connectivity index (χ0n) is 18.7. The highest BCUT2D eigenvalue weighted by Crippen LogP contribution is 2.18. The summed E-state index contributed by atoms with van der Waals surface area (Å²) in [4.78, 5) is 31.8. The van der Waals surface area contributed by atoms with E-state index in [2.05, 4.69) is 15.6 Å². The van der Waals surface area contributed by atoms with Crippen LogP contribution in [0, 0.1) is 0 Å². The van der Waals surface area contributed by atoms with Gasteiger partial charge in [-0.25, -0.2) is 9.79 Å². The lowest BCUT2D eigenvalue weighted by Gasteiger charge is -2.32. The molecule has 0 spiro atoms. The van der Waals surface area contributed by atoms with Crippen LogP contribution in [0.3, 0.4) is 0 Å². The van der Waals surface area contributed by atoms with Crippen LogP contribution in [0.4, 0.5) is 4.79 Å². The van der Waals surface area contributed by atoms with Crippen molar-refractivity contribution in [2.24, 2.45) is 4.99 Å². The Morgan fingerprint density at radius 1 is 1.23 bits per heavy atom. The molecular formula is C21H34IN5O4. The molecule has 1 fully saturated rings. The number of piperidine rings is 1. The number of nitrogens with zero attached hydrogens (tertiary/aromatic N) is 3. The number of aliphatic imine (C=N–C) groups is 1. The van der Waals surface area contributed by atoms with Gasteiger partial charge in [-0.2, -0.15) is 0 Å². The number of nitrogens with one attached hydrogen (secondary N) is 2. The molecule has 0 unspecified atom stereocenters. The molecule has 1 saturated heterocycles. The highest BCUT2D eigenvalue weighted by molar-refractivity contribution is 14.0. The Balaban J connectivity index is 0.00000480. The Morgan fingerprint density at radius 3 is 2.52 bits per heavy atom. The first-order chi connectivity index (χ1) is 14.4. The number of hydrogen-bond donors (Lipinski definition) is 2. The Morgan fingerprint density at radius 2 is 1.90 bits per heavy atom. The van der Waals surface area contributed by atoms with E-state index in [-0.39, 0.29) is 48.6 Å². The average molecular weight is 547 g/mol. The fourth-order valence-corrected chi connectivity index (χ4v) is 3.08. The molecule has 0 saturated carbocycles. The summed E-state index contributed by atoms with van der Waals surface area (Å²) in [6.45, 7) is 3.97. The Hall–Kier alpha value is -2.24. The number of methoxy groups -OCH3 is 1. The van der Waals surface area contributed by atoms with Crippen molar-refractivity contribution in [3.63, 3.8) is 0 Å². The van der Waals surface area contributed by atoms with E-state index in [1.807, 2.05) is 24.3 Å². The van der Waals surface area contributed by atoms with Gasteiger partial charge in [0.1, 0.15) is 5.75 Å². The standard InChI is InChI=1S/C21H33N5O4.HI/c1-5-30-21(28)26-12-10-17(11-13-26)24-20(23-15-19(27)25(2)3)22-14-16-8-6-7-9-18(16)29-4;/h6-9,17H,5,10-15H2,1-4H3,(H2,22,23,24);1H. The molecule has 2 amide bonds. The molecule has 1 heterocycles. The third-order valence-electron chi connectivity index (χ3n) is 4.87. The van der Waals surface area contributed by atoms with Crippen molar-refractivity contribution < 1.29 is 19.1 Å². The van der Waals surface area contributed by atoms with Crippen molar-refractivity contribution in [2.45, 2.75) is 32.4 Å². The Bertz CT molecular complexity index is 736. The number of likely N-dealkylation sites (N-methyl/N-ethyl adjacent to an activating group) is 1. The van der Waals surface area contributed by atoms with Crippen LogP contribution in [0.25, 0.3) is 0 Å². The van der Waals surface area contributed by atoms with Crippen molar-refractivity contribution in [3.05, 3.63) is 29.8 Å². The van der Waals surface area contributed by atoms with E-state index in [1.54, 1.807) is 33.0 Å². The normalized spacial score (nSPS) is 14.3. The molecule has 9 nitrogen and oxygen atoms in total. The maximum Gasteiger partial charge on any atom is 0.409 e. The van der Waals surface area contributed by atoms with Gasteiger partial charge in [0.25, 0.3) is 0 Å². The average Bonchev–Trinajstić information content (AvgIpc) is 2.76. The topological polar surface area (TPSA) is 95.5 Å². The van der Waals surface area contributed by atoms with Gasteiger partial charge in [-0.15, -0.1) is 24.0 Å². The molecule has 1 aromatic carbocycles. The van der Waals surface area contributed by atoms with Gasteiger partial charge in [0.2, 0.25) is 5.91 Å². The lowest BCUT2D eigenvalue weighted by atomic mass is 10.1. The highest BCUT2D eigenvalue weighted by atomic mass is 127. The van der Waals surface area contributed by atoms with Crippen LogP contribution in [0.1, 0.15) is 25.3 Å². The van der Waals surface area contributed by atoms with Crippen molar-refractivity contribution in [1.82, 2.24) is 20.4 Å². The molecule has 0 aromatic heterocycles. The quantitative estimate of drug-likeness (QED) is 0.309. The number of rotatable bonds is 7. The maximum absolute atomic E-state index is 12.0. The lowest BCUT2D eigenvalue weighted by molar-refractivity contribution is -0.127. The summed E-state index contributed by atoms with van der Waals surface area (Å²) in [7, 11) is 5.06. The van der Waals surface area contributed by atoms with Gasteiger partial charge < -0.3 is 29.9 Å². The smallest absolute Gasteiger partial charge is 0.409 e. The fraction of sp³-hybridized carbons (Fsp3) is 0.571. The van der Waals surface area contributed by atoms with E-state index in [4.69, 9.17) is 9.47 Å². The first-order valence-electron chi connectivity index (χ1n) is 10.2. The van der Waals surface area contributed by atoms with Gasteiger partial charge in [-0.1, -0.05) is 18.2 Å². The summed E-state index contributed by atoms with van der Waals surface area (Å²) < 4.78 is 10.5. The van der Waals surface area contributed by atoms with Gasteiger partial charge in [-0.3, -0.25) is 4.79 Å². The van der Waals surface area contributed by atoms with E-state index in [1.165, 1.54) is 4.90 Å². The molecule has 31 heavy (non-hydrogen) atoms. The third kappa shape index (κ3) is 8.80. The summed E-state index contributed by atoms with van der Waals surface area (Å²) >= 11 is 0. The third-order valence-corrected chi connectivity index (χ3v) is 4.87. The maximum atomic E-state index is 12.0. The molecule has 174 valence electrons. The van der Waals surface area contributed by atoms with Crippen LogP contribution in [-0.4, -0.2) is 81.2 Å². The minimum atomic E-state index is -0.268. The van der Waals surface area contributed by atoms with Gasteiger partial charge in [0.15, 0.2) is 5.96 Å². The number of benzene rings is 1. The zero-order chi connectivity index (χ0) is 21.9. The second-order valence-corrected chi connectivity index (χ2v) is 7.22. The van der Waals surface area contributed by atoms with Crippen molar-refractivity contribution >= 4 is 41.9 Å². The highest BCUT2D eigenvalue weighted by Gasteiger charge is 2.24. The van der Waals surface area contributed by atoms with Gasteiger partial charge in [0, 0.05) is 38.8 Å². The molecule has 1 aliphatic rings. The van der Waals surface area contributed by atoms with Gasteiger partial charge in [0.05, 0.1) is 26.8 Å². The van der Waals surface area contributed by atoms with Crippen LogP contribution in [0.15, 0.2) is 29.3 Å². The number of hydrogen-bond acceptors (Lipinski definition) is 5. The Labute approximate surface area is 201 Å². The van der Waals surface area contributed by atoms with E-state index in [9.17, 15) is 9.59 Å². The van der Waals surface area contributed by atoms with Crippen LogP contribution >= 0.6 is 24.0 Å². The first-order valence-corrected chi connectivity index (χ1v) is 10.2. The first kappa shape index (κ1) is 26.8. The molecule has 10 heteroatoms. The number of amides is 2. The van der Waals surface area contributed by atoms with E-state index >= 15 is 0 Å². The molecule has 1 aliphatic heterocycles. The van der Waals surface area contributed by atoms with Crippen LogP contribution < -0.4 is 15.4 Å². The zero-order valence-corrected chi connectivity index (χ0v) is 21.0.